The minimum absolute atomic E-state index is 0.00387. The molecule has 7 heteroatoms. The molecule has 0 spiro atoms. The molecule has 1 aliphatic rings. The lowest BCUT2D eigenvalue weighted by atomic mass is 9.91. The van der Waals surface area contributed by atoms with Gasteiger partial charge in [0, 0.05) is 18.2 Å². The van der Waals surface area contributed by atoms with Gasteiger partial charge in [-0.05, 0) is 42.4 Å². The Morgan fingerprint density at radius 3 is 2.30 bits per heavy atom. The molecule has 0 amide bonds. The van der Waals surface area contributed by atoms with Crippen LogP contribution in [0.3, 0.4) is 0 Å². The van der Waals surface area contributed by atoms with Crippen molar-refractivity contribution in [1.82, 2.24) is 0 Å². The molecule has 0 bridgehead atoms. The molecule has 3 rings (SSSR count). The lowest BCUT2D eigenvalue weighted by Gasteiger charge is -2.29. The maximum absolute atomic E-state index is 14.0. The van der Waals surface area contributed by atoms with E-state index in [1.165, 1.54) is 0 Å². The maximum atomic E-state index is 14.0. The SMILES string of the molecule is CCCC1CCC(c2ccc(C=CC(F)(F)Oc3cc(F)c(F)c(F)c3)cc2)OC1. The predicted octanol–water partition coefficient (Wildman–Crippen LogP) is 7.06. The molecule has 0 aliphatic carbocycles. The summed E-state index contributed by atoms with van der Waals surface area (Å²) in [6.07, 6.45) is 2.10. The number of rotatable bonds is 7. The van der Waals surface area contributed by atoms with Gasteiger partial charge in [0.25, 0.3) is 0 Å². The summed E-state index contributed by atoms with van der Waals surface area (Å²) in [5.74, 6) is -5.17. The summed E-state index contributed by atoms with van der Waals surface area (Å²) in [7, 11) is 0. The molecule has 2 unspecified atom stereocenters. The van der Waals surface area contributed by atoms with Crippen LogP contribution < -0.4 is 4.74 Å². The molecule has 0 N–H and O–H groups in total. The van der Waals surface area contributed by atoms with Crippen molar-refractivity contribution in [2.45, 2.75) is 44.8 Å². The van der Waals surface area contributed by atoms with Crippen LogP contribution in [0.25, 0.3) is 6.08 Å². The summed E-state index contributed by atoms with van der Waals surface area (Å²) < 4.78 is 77.4. The number of hydrogen-bond donors (Lipinski definition) is 0. The molecule has 2 nitrogen and oxygen atoms in total. The summed E-state index contributed by atoms with van der Waals surface area (Å²) in [4.78, 5) is 0. The van der Waals surface area contributed by atoms with Gasteiger partial charge < -0.3 is 9.47 Å². The lowest BCUT2D eigenvalue weighted by Crippen LogP contribution is -2.21. The van der Waals surface area contributed by atoms with E-state index < -0.39 is 29.3 Å². The van der Waals surface area contributed by atoms with Gasteiger partial charge in [-0.1, -0.05) is 37.6 Å². The molecule has 1 heterocycles. The quantitative estimate of drug-likeness (QED) is 0.349. The van der Waals surface area contributed by atoms with Crippen molar-refractivity contribution in [3.63, 3.8) is 0 Å². The van der Waals surface area contributed by atoms with Gasteiger partial charge in [-0.15, -0.1) is 0 Å². The first-order valence-corrected chi connectivity index (χ1v) is 9.89. The first kappa shape index (κ1) is 22.3. The molecule has 2 atom stereocenters. The van der Waals surface area contributed by atoms with Crippen molar-refractivity contribution >= 4 is 6.08 Å². The Labute approximate surface area is 172 Å². The van der Waals surface area contributed by atoms with Crippen LogP contribution in [0.2, 0.25) is 0 Å². The van der Waals surface area contributed by atoms with Crippen LogP contribution in [0.5, 0.6) is 5.75 Å². The maximum Gasteiger partial charge on any atom is 0.419 e. The third-order valence-corrected chi connectivity index (χ3v) is 5.06. The average molecular weight is 426 g/mol. The van der Waals surface area contributed by atoms with Crippen molar-refractivity contribution in [3.05, 3.63) is 71.1 Å². The van der Waals surface area contributed by atoms with E-state index in [2.05, 4.69) is 11.7 Å². The number of benzene rings is 2. The Bertz CT molecular complexity index is 849. The van der Waals surface area contributed by atoms with Crippen molar-refractivity contribution < 1.29 is 31.4 Å². The van der Waals surface area contributed by atoms with E-state index in [9.17, 15) is 22.0 Å². The highest BCUT2D eigenvalue weighted by Crippen LogP contribution is 2.33. The van der Waals surface area contributed by atoms with Crippen molar-refractivity contribution in [1.29, 1.82) is 0 Å². The van der Waals surface area contributed by atoms with Crippen LogP contribution >= 0.6 is 0 Å². The van der Waals surface area contributed by atoms with E-state index in [1.54, 1.807) is 12.1 Å². The molecular weight excluding hydrogens is 403 g/mol. The molecule has 30 heavy (non-hydrogen) atoms. The minimum Gasteiger partial charge on any atom is -0.429 e. The van der Waals surface area contributed by atoms with Gasteiger partial charge in [-0.3, -0.25) is 0 Å². The highest BCUT2D eigenvalue weighted by Gasteiger charge is 2.29. The molecule has 2 aromatic carbocycles. The Morgan fingerprint density at radius 1 is 1.07 bits per heavy atom. The van der Waals surface area contributed by atoms with Crippen LogP contribution in [0.1, 0.15) is 49.8 Å². The fraction of sp³-hybridized carbons (Fsp3) is 0.391. The topological polar surface area (TPSA) is 18.5 Å². The second-order valence-corrected chi connectivity index (χ2v) is 7.42. The van der Waals surface area contributed by atoms with E-state index in [4.69, 9.17) is 4.74 Å². The monoisotopic (exact) mass is 426 g/mol. The normalized spacial score (nSPS) is 19.9. The number of alkyl halides is 2. The number of hydrogen-bond acceptors (Lipinski definition) is 2. The minimum atomic E-state index is -3.84. The second kappa shape index (κ2) is 9.60. The first-order chi connectivity index (χ1) is 14.3. The standard InChI is InChI=1S/C23H23F5O2/c1-2-3-16-6-9-21(29-14-16)17-7-4-15(5-8-17)10-11-23(27,28)30-18-12-19(24)22(26)20(25)13-18/h4-5,7-8,10-13,16,21H,2-3,6,9,14H2,1H3. The number of ether oxygens (including phenoxy) is 2. The fourth-order valence-electron chi connectivity index (χ4n) is 3.50. The van der Waals surface area contributed by atoms with Crippen molar-refractivity contribution in [3.8, 4) is 5.75 Å². The Morgan fingerprint density at radius 2 is 1.73 bits per heavy atom. The van der Waals surface area contributed by atoms with Gasteiger partial charge >= 0.3 is 6.11 Å². The third kappa shape index (κ3) is 5.81. The van der Waals surface area contributed by atoms with Gasteiger partial charge in [0.05, 0.1) is 12.7 Å². The van der Waals surface area contributed by atoms with Gasteiger partial charge in [-0.25, -0.2) is 13.2 Å². The number of halogens is 5. The van der Waals surface area contributed by atoms with Crippen LogP contribution in [0, 0.1) is 23.4 Å². The molecule has 1 aliphatic heterocycles. The first-order valence-electron chi connectivity index (χ1n) is 9.89. The Balaban J connectivity index is 1.60. The molecule has 0 saturated carbocycles. The van der Waals surface area contributed by atoms with Crippen molar-refractivity contribution in [2.75, 3.05) is 6.61 Å². The summed E-state index contributed by atoms with van der Waals surface area (Å²) in [6, 6.07) is 7.75. The van der Waals surface area contributed by atoms with Gasteiger partial charge in [-0.2, -0.15) is 8.78 Å². The summed E-state index contributed by atoms with van der Waals surface area (Å²) in [6.45, 7) is 2.89. The van der Waals surface area contributed by atoms with E-state index in [-0.39, 0.29) is 6.10 Å². The zero-order chi connectivity index (χ0) is 21.7. The van der Waals surface area contributed by atoms with Crippen LogP contribution in [-0.2, 0) is 4.74 Å². The summed E-state index contributed by atoms with van der Waals surface area (Å²) >= 11 is 0. The van der Waals surface area contributed by atoms with Gasteiger partial charge in [0.1, 0.15) is 5.75 Å². The van der Waals surface area contributed by atoms with Crippen LogP contribution in [0.15, 0.2) is 42.5 Å². The van der Waals surface area contributed by atoms with E-state index in [0.29, 0.717) is 29.7 Å². The zero-order valence-electron chi connectivity index (χ0n) is 16.5. The van der Waals surface area contributed by atoms with Crippen LogP contribution in [-0.4, -0.2) is 12.7 Å². The average Bonchev–Trinajstić information content (AvgIpc) is 2.71. The Hall–Kier alpha value is -2.41. The highest BCUT2D eigenvalue weighted by molar-refractivity contribution is 5.50. The van der Waals surface area contributed by atoms with Gasteiger partial charge in [0.15, 0.2) is 17.5 Å². The smallest absolute Gasteiger partial charge is 0.419 e. The van der Waals surface area contributed by atoms with Crippen LogP contribution in [0.4, 0.5) is 22.0 Å². The molecule has 1 saturated heterocycles. The predicted molar refractivity (Wildman–Crippen MR) is 104 cm³/mol. The van der Waals surface area contributed by atoms with Crippen molar-refractivity contribution in [2.24, 2.45) is 5.92 Å². The van der Waals surface area contributed by atoms with Gasteiger partial charge in [0.2, 0.25) is 0 Å². The molecule has 1 fully saturated rings. The van der Waals surface area contributed by atoms with E-state index in [1.807, 2.05) is 12.1 Å². The molecule has 2 aromatic rings. The zero-order valence-corrected chi connectivity index (χ0v) is 16.5. The summed E-state index contributed by atoms with van der Waals surface area (Å²) in [5, 5.41) is 0. The second-order valence-electron chi connectivity index (χ2n) is 7.42. The largest absolute Gasteiger partial charge is 0.429 e. The molecule has 0 radical (unpaired) electrons. The lowest BCUT2D eigenvalue weighted by molar-refractivity contribution is -0.131. The Kier molecular flexibility index (Phi) is 7.13. The highest BCUT2D eigenvalue weighted by atomic mass is 19.3. The molecule has 0 aromatic heterocycles. The molecule has 162 valence electrons. The van der Waals surface area contributed by atoms with E-state index >= 15 is 0 Å². The third-order valence-electron chi connectivity index (χ3n) is 5.06. The molecular formula is C23H23F5O2. The fourth-order valence-corrected chi connectivity index (χ4v) is 3.50. The summed E-state index contributed by atoms with van der Waals surface area (Å²) in [5.41, 5.74) is 1.49. The van der Waals surface area contributed by atoms with E-state index in [0.717, 1.165) is 43.9 Å².